The van der Waals surface area contributed by atoms with Gasteiger partial charge in [-0.05, 0) is 43.2 Å². The molecule has 0 aliphatic rings. The van der Waals surface area contributed by atoms with E-state index in [-0.39, 0.29) is 5.91 Å². The standard InChI is InChI=1S/C15H17N3O/c1-12-3-4-14(11-17-12)15(19)18(2)10-7-13-5-8-16-9-6-13/h3-6,8-9,11H,7,10H2,1-2H3. The molecule has 0 aliphatic carbocycles. The number of hydrogen-bond donors (Lipinski definition) is 0. The van der Waals surface area contributed by atoms with Gasteiger partial charge < -0.3 is 4.90 Å². The van der Waals surface area contributed by atoms with Crippen LogP contribution in [0.2, 0.25) is 0 Å². The Kier molecular flexibility index (Phi) is 4.23. The van der Waals surface area contributed by atoms with Gasteiger partial charge in [-0.1, -0.05) is 0 Å². The van der Waals surface area contributed by atoms with Gasteiger partial charge in [0, 0.05) is 37.9 Å². The van der Waals surface area contributed by atoms with Crippen molar-refractivity contribution in [1.29, 1.82) is 0 Å². The third-order valence-corrected chi connectivity index (χ3v) is 2.99. The van der Waals surface area contributed by atoms with Crippen LogP contribution in [-0.2, 0) is 6.42 Å². The van der Waals surface area contributed by atoms with Crippen molar-refractivity contribution >= 4 is 5.91 Å². The molecule has 19 heavy (non-hydrogen) atoms. The van der Waals surface area contributed by atoms with Crippen LogP contribution in [0.5, 0.6) is 0 Å². The number of pyridine rings is 2. The molecule has 2 aromatic rings. The van der Waals surface area contributed by atoms with Crippen molar-refractivity contribution in [3.8, 4) is 0 Å². The molecule has 0 radical (unpaired) electrons. The minimum atomic E-state index is 0.00144. The summed E-state index contributed by atoms with van der Waals surface area (Å²) < 4.78 is 0. The largest absolute Gasteiger partial charge is 0.341 e. The van der Waals surface area contributed by atoms with Crippen LogP contribution in [0.15, 0.2) is 42.9 Å². The van der Waals surface area contributed by atoms with E-state index in [0.29, 0.717) is 12.1 Å². The molecule has 0 unspecified atom stereocenters. The SMILES string of the molecule is Cc1ccc(C(=O)N(C)CCc2ccncc2)cn1. The fourth-order valence-corrected chi connectivity index (χ4v) is 1.76. The smallest absolute Gasteiger partial charge is 0.255 e. The highest BCUT2D eigenvalue weighted by atomic mass is 16.2. The molecule has 0 saturated heterocycles. The number of carbonyl (C=O) groups excluding carboxylic acids is 1. The van der Waals surface area contributed by atoms with Crippen molar-refractivity contribution in [2.75, 3.05) is 13.6 Å². The molecule has 0 spiro atoms. The molecule has 0 atom stereocenters. The first-order chi connectivity index (χ1) is 9.16. The number of aromatic nitrogens is 2. The van der Waals surface area contributed by atoms with Crippen molar-refractivity contribution < 1.29 is 4.79 Å². The van der Waals surface area contributed by atoms with Gasteiger partial charge in [0.1, 0.15) is 0 Å². The highest BCUT2D eigenvalue weighted by Gasteiger charge is 2.11. The zero-order chi connectivity index (χ0) is 13.7. The summed E-state index contributed by atoms with van der Waals surface area (Å²) in [5, 5.41) is 0. The number of rotatable bonds is 4. The van der Waals surface area contributed by atoms with E-state index in [2.05, 4.69) is 9.97 Å². The van der Waals surface area contributed by atoms with E-state index in [1.165, 1.54) is 5.56 Å². The lowest BCUT2D eigenvalue weighted by Crippen LogP contribution is -2.28. The fraction of sp³-hybridized carbons (Fsp3) is 0.267. The fourth-order valence-electron chi connectivity index (χ4n) is 1.76. The maximum absolute atomic E-state index is 12.2. The molecule has 2 rings (SSSR count). The third-order valence-electron chi connectivity index (χ3n) is 2.99. The van der Waals surface area contributed by atoms with Crippen LogP contribution >= 0.6 is 0 Å². The average Bonchev–Trinajstić information content (AvgIpc) is 2.46. The van der Waals surface area contributed by atoms with Gasteiger partial charge in [-0.3, -0.25) is 14.8 Å². The Bertz CT molecular complexity index is 537. The molecule has 2 heterocycles. The predicted octanol–water partition coefficient (Wildman–Crippen LogP) is 2.10. The maximum atomic E-state index is 12.2. The highest BCUT2D eigenvalue weighted by molar-refractivity contribution is 5.93. The van der Waals surface area contributed by atoms with Gasteiger partial charge in [0.05, 0.1) is 5.56 Å². The summed E-state index contributed by atoms with van der Waals surface area (Å²) in [5.74, 6) is 0.00144. The molecule has 0 aliphatic heterocycles. The molecule has 2 aromatic heterocycles. The first-order valence-electron chi connectivity index (χ1n) is 6.24. The minimum absolute atomic E-state index is 0.00144. The van der Waals surface area contributed by atoms with E-state index >= 15 is 0 Å². The lowest BCUT2D eigenvalue weighted by Gasteiger charge is -2.17. The van der Waals surface area contributed by atoms with Crippen molar-refractivity contribution in [3.05, 3.63) is 59.7 Å². The number of aryl methyl sites for hydroxylation is 1. The Hall–Kier alpha value is -2.23. The van der Waals surface area contributed by atoms with Gasteiger partial charge in [0.2, 0.25) is 0 Å². The third kappa shape index (κ3) is 3.61. The zero-order valence-corrected chi connectivity index (χ0v) is 11.2. The number of carbonyl (C=O) groups is 1. The van der Waals surface area contributed by atoms with E-state index < -0.39 is 0 Å². The van der Waals surface area contributed by atoms with Crippen LogP contribution in [0.1, 0.15) is 21.6 Å². The molecule has 0 saturated carbocycles. The molecule has 1 amide bonds. The summed E-state index contributed by atoms with van der Waals surface area (Å²) in [5.41, 5.74) is 2.72. The molecule has 0 aromatic carbocycles. The van der Waals surface area contributed by atoms with Crippen LogP contribution in [-0.4, -0.2) is 34.4 Å². The summed E-state index contributed by atoms with van der Waals surface area (Å²) in [4.78, 5) is 22.0. The van der Waals surface area contributed by atoms with Crippen molar-refractivity contribution in [3.63, 3.8) is 0 Å². The second kappa shape index (κ2) is 6.09. The lowest BCUT2D eigenvalue weighted by molar-refractivity contribution is 0.0796. The first-order valence-corrected chi connectivity index (χ1v) is 6.24. The van der Waals surface area contributed by atoms with Crippen LogP contribution in [0.25, 0.3) is 0 Å². The van der Waals surface area contributed by atoms with Gasteiger partial charge >= 0.3 is 0 Å². The first kappa shape index (κ1) is 13.2. The summed E-state index contributed by atoms with van der Waals surface area (Å²) in [6, 6.07) is 7.59. The molecular formula is C15H17N3O. The Morgan fingerprint density at radius 3 is 2.58 bits per heavy atom. The number of likely N-dealkylation sites (N-methyl/N-ethyl adjacent to an activating group) is 1. The average molecular weight is 255 g/mol. The van der Waals surface area contributed by atoms with Gasteiger partial charge in [-0.25, -0.2) is 0 Å². The Morgan fingerprint density at radius 1 is 1.21 bits per heavy atom. The summed E-state index contributed by atoms with van der Waals surface area (Å²) >= 11 is 0. The Morgan fingerprint density at radius 2 is 1.95 bits per heavy atom. The number of amides is 1. The van der Waals surface area contributed by atoms with E-state index in [9.17, 15) is 4.79 Å². The van der Waals surface area contributed by atoms with E-state index in [4.69, 9.17) is 0 Å². The molecule has 0 N–H and O–H groups in total. The number of nitrogens with zero attached hydrogens (tertiary/aromatic N) is 3. The van der Waals surface area contributed by atoms with E-state index in [0.717, 1.165) is 12.1 Å². The minimum Gasteiger partial charge on any atom is -0.341 e. The second-order valence-corrected chi connectivity index (χ2v) is 4.52. The van der Waals surface area contributed by atoms with Crippen LogP contribution in [0.4, 0.5) is 0 Å². The lowest BCUT2D eigenvalue weighted by atomic mass is 10.2. The van der Waals surface area contributed by atoms with E-state index in [1.54, 1.807) is 23.5 Å². The van der Waals surface area contributed by atoms with Crippen LogP contribution in [0, 0.1) is 6.92 Å². The number of hydrogen-bond acceptors (Lipinski definition) is 3. The molecule has 98 valence electrons. The van der Waals surface area contributed by atoms with Gasteiger partial charge in [0.15, 0.2) is 0 Å². The second-order valence-electron chi connectivity index (χ2n) is 4.52. The van der Waals surface area contributed by atoms with Crippen molar-refractivity contribution in [2.24, 2.45) is 0 Å². The summed E-state index contributed by atoms with van der Waals surface area (Å²) in [6.45, 7) is 2.58. The van der Waals surface area contributed by atoms with Crippen molar-refractivity contribution in [2.45, 2.75) is 13.3 Å². The Balaban J connectivity index is 1.94. The highest BCUT2D eigenvalue weighted by Crippen LogP contribution is 2.05. The van der Waals surface area contributed by atoms with Gasteiger partial charge in [-0.2, -0.15) is 0 Å². The maximum Gasteiger partial charge on any atom is 0.255 e. The molecule has 0 fully saturated rings. The van der Waals surface area contributed by atoms with Gasteiger partial charge in [-0.15, -0.1) is 0 Å². The molecule has 4 nitrogen and oxygen atoms in total. The summed E-state index contributed by atoms with van der Waals surface area (Å²) in [6.07, 6.45) is 5.98. The molecular weight excluding hydrogens is 238 g/mol. The zero-order valence-electron chi connectivity index (χ0n) is 11.2. The molecule has 4 heteroatoms. The topological polar surface area (TPSA) is 46.1 Å². The summed E-state index contributed by atoms with van der Waals surface area (Å²) in [7, 11) is 1.81. The van der Waals surface area contributed by atoms with Crippen LogP contribution in [0.3, 0.4) is 0 Å². The van der Waals surface area contributed by atoms with Gasteiger partial charge in [0.25, 0.3) is 5.91 Å². The quantitative estimate of drug-likeness (QED) is 0.840. The Labute approximate surface area is 113 Å². The molecule has 0 bridgehead atoms. The normalized spacial score (nSPS) is 10.2. The van der Waals surface area contributed by atoms with E-state index in [1.807, 2.05) is 38.2 Å². The monoisotopic (exact) mass is 255 g/mol. The van der Waals surface area contributed by atoms with Crippen molar-refractivity contribution in [1.82, 2.24) is 14.9 Å². The predicted molar refractivity (Wildman–Crippen MR) is 73.9 cm³/mol. The van der Waals surface area contributed by atoms with Crippen LogP contribution < -0.4 is 0 Å².